The molecule has 1 atom stereocenters. The average molecular weight is 246 g/mol. The summed E-state index contributed by atoms with van der Waals surface area (Å²) in [6.07, 6.45) is 0. The topological polar surface area (TPSA) is 58.5 Å². The van der Waals surface area contributed by atoms with Crippen molar-refractivity contribution in [1.29, 1.82) is 0 Å². The van der Waals surface area contributed by atoms with Crippen LogP contribution in [0, 0.1) is 0 Å². The largest absolute Gasteiger partial charge is 0.394 e. The van der Waals surface area contributed by atoms with Crippen LogP contribution in [0.4, 0.5) is 5.82 Å². The van der Waals surface area contributed by atoms with Crippen LogP contribution in [-0.2, 0) is 11.3 Å². The lowest BCUT2D eigenvalue weighted by atomic mass is 10.3. The van der Waals surface area contributed by atoms with Crippen LogP contribution in [0.2, 0.25) is 5.15 Å². The van der Waals surface area contributed by atoms with Crippen LogP contribution in [0.15, 0.2) is 6.07 Å². The number of aromatic nitrogens is 2. The minimum Gasteiger partial charge on any atom is -0.394 e. The molecule has 90 valence electrons. The van der Waals surface area contributed by atoms with Gasteiger partial charge in [-0.2, -0.15) is 0 Å². The van der Waals surface area contributed by atoms with E-state index in [0.29, 0.717) is 23.4 Å². The summed E-state index contributed by atoms with van der Waals surface area (Å²) in [4.78, 5) is 10.2. The third-order valence-electron chi connectivity index (χ3n) is 2.29. The summed E-state index contributed by atoms with van der Waals surface area (Å²) in [6.45, 7) is 2.26. The number of methoxy groups -OCH3 is 1. The monoisotopic (exact) mass is 245 g/mol. The summed E-state index contributed by atoms with van der Waals surface area (Å²) < 4.78 is 4.95. The van der Waals surface area contributed by atoms with Crippen LogP contribution >= 0.6 is 11.6 Å². The Kier molecular flexibility index (Phi) is 4.92. The minimum atomic E-state index is -0.0265. The molecule has 0 bridgehead atoms. The van der Waals surface area contributed by atoms with E-state index in [2.05, 4.69) is 9.97 Å². The van der Waals surface area contributed by atoms with Gasteiger partial charge in [0.25, 0.3) is 0 Å². The maximum Gasteiger partial charge on any atom is 0.158 e. The summed E-state index contributed by atoms with van der Waals surface area (Å²) in [5.74, 6) is 1.20. The minimum absolute atomic E-state index is 0.0265. The van der Waals surface area contributed by atoms with Crippen molar-refractivity contribution in [3.63, 3.8) is 0 Å². The molecule has 0 aliphatic carbocycles. The van der Waals surface area contributed by atoms with Gasteiger partial charge in [0, 0.05) is 20.2 Å². The first-order valence-corrected chi connectivity index (χ1v) is 5.32. The molecule has 6 heteroatoms. The van der Waals surface area contributed by atoms with Gasteiger partial charge in [0.05, 0.1) is 12.6 Å². The Labute approximate surface area is 100 Å². The Bertz CT molecular complexity index is 349. The lowest BCUT2D eigenvalue weighted by Crippen LogP contribution is -2.32. The predicted molar refractivity (Wildman–Crippen MR) is 62.7 cm³/mol. The summed E-state index contributed by atoms with van der Waals surface area (Å²) in [5.41, 5.74) is 0. The van der Waals surface area contributed by atoms with Gasteiger partial charge >= 0.3 is 0 Å². The molecule has 0 aliphatic heterocycles. The Morgan fingerprint density at radius 3 is 2.81 bits per heavy atom. The van der Waals surface area contributed by atoms with Crippen molar-refractivity contribution in [2.75, 3.05) is 25.7 Å². The quantitative estimate of drug-likeness (QED) is 0.787. The molecule has 0 spiro atoms. The number of rotatable bonds is 5. The third kappa shape index (κ3) is 3.30. The number of nitrogens with zero attached hydrogens (tertiary/aromatic N) is 3. The second kappa shape index (κ2) is 5.98. The van der Waals surface area contributed by atoms with Crippen molar-refractivity contribution >= 4 is 17.4 Å². The van der Waals surface area contributed by atoms with Crippen LogP contribution in [-0.4, -0.2) is 41.9 Å². The van der Waals surface area contributed by atoms with E-state index < -0.39 is 0 Å². The number of halogens is 1. The van der Waals surface area contributed by atoms with Gasteiger partial charge in [0.2, 0.25) is 0 Å². The van der Waals surface area contributed by atoms with E-state index in [1.54, 1.807) is 13.2 Å². The molecule has 0 aromatic carbocycles. The zero-order chi connectivity index (χ0) is 12.1. The zero-order valence-corrected chi connectivity index (χ0v) is 10.4. The number of aliphatic hydroxyl groups excluding tert-OH is 1. The van der Waals surface area contributed by atoms with Gasteiger partial charge in [-0.25, -0.2) is 9.97 Å². The highest BCUT2D eigenvalue weighted by Gasteiger charge is 2.12. The van der Waals surface area contributed by atoms with Crippen LogP contribution in [0.5, 0.6) is 0 Å². The Balaban J connectivity index is 2.94. The summed E-state index contributed by atoms with van der Waals surface area (Å²) in [5, 5.41) is 9.44. The van der Waals surface area contributed by atoms with Crippen molar-refractivity contribution in [2.45, 2.75) is 19.6 Å². The number of anilines is 1. The van der Waals surface area contributed by atoms with Gasteiger partial charge in [-0.15, -0.1) is 0 Å². The molecule has 1 N–H and O–H groups in total. The molecular formula is C10H16ClN3O2. The molecule has 0 radical (unpaired) electrons. The molecule has 0 amide bonds. The summed E-state index contributed by atoms with van der Waals surface area (Å²) >= 11 is 5.88. The Hall–Kier alpha value is -0.910. The van der Waals surface area contributed by atoms with E-state index in [9.17, 15) is 0 Å². The molecule has 0 saturated heterocycles. The van der Waals surface area contributed by atoms with E-state index in [1.165, 1.54) is 0 Å². The van der Waals surface area contributed by atoms with Gasteiger partial charge in [0.15, 0.2) is 5.82 Å². The number of ether oxygens (including phenoxy) is 1. The molecule has 5 nitrogen and oxygen atoms in total. The SMILES string of the molecule is COCc1nc(Cl)cc(N(C)C(C)CO)n1. The fourth-order valence-electron chi connectivity index (χ4n) is 1.17. The van der Waals surface area contributed by atoms with Gasteiger partial charge < -0.3 is 14.7 Å². The molecule has 1 rings (SSSR count). The van der Waals surface area contributed by atoms with Gasteiger partial charge in [-0.3, -0.25) is 0 Å². The Morgan fingerprint density at radius 2 is 2.25 bits per heavy atom. The number of hydrogen-bond acceptors (Lipinski definition) is 5. The number of likely N-dealkylation sites (N-methyl/N-ethyl adjacent to an activating group) is 1. The van der Waals surface area contributed by atoms with Crippen molar-refractivity contribution in [2.24, 2.45) is 0 Å². The molecule has 0 aliphatic rings. The molecule has 1 aromatic rings. The number of aliphatic hydroxyl groups is 1. The first kappa shape index (κ1) is 13.2. The molecule has 1 aromatic heterocycles. The molecule has 0 fully saturated rings. The molecule has 1 heterocycles. The van der Waals surface area contributed by atoms with Crippen LogP contribution in [0.3, 0.4) is 0 Å². The highest BCUT2D eigenvalue weighted by molar-refractivity contribution is 6.29. The molecule has 1 unspecified atom stereocenters. The fraction of sp³-hybridized carbons (Fsp3) is 0.600. The van der Waals surface area contributed by atoms with Crippen molar-refractivity contribution < 1.29 is 9.84 Å². The summed E-state index contributed by atoms with van der Waals surface area (Å²) in [7, 11) is 3.42. The van der Waals surface area contributed by atoms with Gasteiger partial charge in [-0.05, 0) is 6.92 Å². The van der Waals surface area contributed by atoms with Gasteiger partial charge in [0.1, 0.15) is 17.6 Å². The lowest BCUT2D eigenvalue weighted by Gasteiger charge is -2.24. The smallest absolute Gasteiger partial charge is 0.158 e. The van der Waals surface area contributed by atoms with Crippen LogP contribution in [0.25, 0.3) is 0 Å². The fourth-order valence-corrected chi connectivity index (χ4v) is 1.37. The maximum absolute atomic E-state index is 9.07. The van der Waals surface area contributed by atoms with E-state index in [4.69, 9.17) is 21.4 Å². The van der Waals surface area contributed by atoms with E-state index in [1.807, 2.05) is 18.9 Å². The Morgan fingerprint density at radius 1 is 1.56 bits per heavy atom. The van der Waals surface area contributed by atoms with Gasteiger partial charge in [-0.1, -0.05) is 11.6 Å². The molecular weight excluding hydrogens is 230 g/mol. The van der Waals surface area contributed by atoms with Crippen molar-refractivity contribution in [3.05, 3.63) is 17.0 Å². The second-order valence-corrected chi connectivity index (χ2v) is 3.93. The predicted octanol–water partition coefficient (Wildman–Crippen LogP) is 1.09. The lowest BCUT2D eigenvalue weighted by molar-refractivity contribution is 0.177. The first-order valence-electron chi connectivity index (χ1n) is 4.94. The third-order valence-corrected chi connectivity index (χ3v) is 2.48. The van der Waals surface area contributed by atoms with E-state index in [-0.39, 0.29) is 12.6 Å². The standard InChI is InChI=1S/C10H16ClN3O2/c1-7(5-15)14(2)10-4-8(11)12-9(13-10)6-16-3/h4,7,15H,5-6H2,1-3H3. The van der Waals surface area contributed by atoms with Crippen molar-refractivity contribution in [3.8, 4) is 0 Å². The highest BCUT2D eigenvalue weighted by atomic mass is 35.5. The second-order valence-electron chi connectivity index (χ2n) is 3.54. The first-order chi connectivity index (χ1) is 7.58. The van der Waals surface area contributed by atoms with E-state index >= 15 is 0 Å². The van der Waals surface area contributed by atoms with Crippen LogP contribution < -0.4 is 4.90 Å². The van der Waals surface area contributed by atoms with Crippen LogP contribution in [0.1, 0.15) is 12.7 Å². The summed E-state index contributed by atoms with van der Waals surface area (Å²) in [6, 6.07) is 1.63. The molecule has 16 heavy (non-hydrogen) atoms. The normalized spacial score (nSPS) is 12.6. The maximum atomic E-state index is 9.07. The average Bonchev–Trinajstić information content (AvgIpc) is 2.26. The highest BCUT2D eigenvalue weighted by Crippen LogP contribution is 2.17. The number of hydrogen-bond donors (Lipinski definition) is 1. The zero-order valence-electron chi connectivity index (χ0n) is 9.64. The molecule has 0 saturated carbocycles. The van der Waals surface area contributed by atoms with Crippen molar-refractivity contribution in [1.82, 2.24) is 9.97 Å². The van der Waals surface area contributed by atoms with E-state index in [0.717, 1.165) is 0 Å².